The van der Waals surface area contributed by atoms with Crippen molar-refractivity contribution in [2.75, 3.05) is 0 Å². The monoisotopic (exact) mass is 502 g/mol. The molecule has 1 saturated heterocycles. The number of hydrogen-bond acceptors (Lipinski definition) is 3. The molecule has 1 heterocycles. The van der Waals surface area contributed by atoms with Crippen molar-refractivity contribution in [3.05, 3.63) is 49.1 Å². The molecule has 36 heavy (non-hydrogen) atoms. The topological polar surface area (TPSA) is 49.7 Å². The summed E-state index contributed by atoms with van der Waals surface area (Å²) in [7, 11) is 0. The van der Waals surface area contributed by atoms with Gasteiger partial charge in [0.15, 0.2) is 0 Å². The molecule has 0 spiro atoms. The van der Waals surface area contributed by atoms with Crippen LogP contribution in [0.1, 0.15) is 113 Å². The highest BCUT2D eigenvalue weighted by Crippen LogP contribution is 2.38. The predicted molar refractivity (Wildman–Crippen MR) is 156 cm³/mol. The quantitative estimate of drug-likeness (QED) is 0.185. The van der Waals surface area contributed by atoms with Gasteiger partial charge in [0.25, 0.3) is 0 Å². The minimum Gasteiger partial charge on any atom is -0.387 e. The van der Waals surface area contributed by atoms with Gasteiger partial charge in [-0.1, -0.05) is 70.2 Å². The van der Waals surface area contributed by atoms with Crippen LogP contribution in [0.2, 0.25) is 0 Å². The van der Waals surface area contributed by atoms with Crippen LogP contribution in [0.25, 0.3) is 0 Å². The number of ether oxygens (including phenoxy) is 1. The van der Waals surface area contributed by atoms with E-state index < -0.39 is 11.2 Å². The molecule has 3 heteroatoms. The zero-order valence-electron chi connectivity index (χ0n) is 24.7. The lowest BCUT2D eigenvalue weighted by Crippen LogP contribution is -2.44. The van der Waals surface area contributed by atoms with Crippen molar-refractivity contribution in [3.8, 4) is 0 Å². The highest BCUT2D eigenvalue weighted by Gasteiger charge is 2.45. The van der Waals surface area contributed by atoms with Crippen molar-refractivity contribution in [3.63, 3.8) is 0 Å². The standard InChI is InChI=1S/C33H58O3/c1-12-24(4)13-14-26(6)28(8)19-21-32(10,34)30-17-18-31(36-30)33(11,35)22-20-29(9)27(7)16-15-25(5)23(2)3/h12,24-25,28-31,34-35H,1-2,6-7,13-22H2,3-5,8-11H3/t24?,25?,28?,29?,30-,31+,32+,33-/m0/s1. The molecule has 0 bridgehead atoms. The maximum Gasteiger partial charge on any atom is 0.0880 e. The molecular weight excluding hydrogens is 444 g/mol. The third kappa shape index (κ3) is 10.7. The van der Waals surface area contributed by atoms with E-state index in [1.807, 2.05) is 19.9 Å². The van der Waals surface area contributed by atoms with Gasteiger partial charge in [0.05, 0.1) is 23.4 Å². The lowest BCUT2D eigenvalue weighted by atomic mass is 9.83. The van der Waals surface area contributed by atoms with Crippen molar-refractivity contribution in [2.24, 2.45) is 23.7 Å². The third-order valence-electron chi connectivity index (χ3n) is 9.03. The molecule has 2 N–H and O–H groups in total. The number of hydrogen-bond donors (Lipinski definition) is 2. The summed E-state index contributed by atoms with van der Waals surface area (Å²) in [5, 5.41) is 22.5. The summed E-state index contributed by atoms with van der Waals surface area (Å²) in [6.45, 7) is 31.2. The molecule has 1 aliphatic heterocycles. The van der Waals surface area contributed by atoms with Gasteiger partial charge >= 0.3 is 0 Å². The Balaban J connectivity index is 2.52. The summed E-state index contributed by atoms with van der Waals surface area (Å²) in [6.07, 6.45) is 10.3. The van der Waals surface area contributed by atoms with Gasteiger partial charge in [-0.2, -0.15) is 0 Å². The van der Waals surface area contributed by atoms with Gasteiger partial charge in [-0.05, 0) is 109 Å². The fourth-order valence-corrected chi connectivity index (χ4v) is 4.97. The van der Waals surface area contributed by atoms with Crippen LogP contribution >= 0.6 is 0 Å². The molecule has 1 fully saturated rings. The lowest BCUT2D eigenvalue weighted by molar-refractivity contribution is -0.148. The molecule has 208 valence electrons. The van der Waals surface area contributed by atoms with Crippen molar-refractivity contribution in [1.29, 1.82) is 0 Å². The minimum absolute atomic E-state index is 0.244. The van der Waals surface area contributed by atoms with Gasteiger partial charge in [0, 0.05) is 0 Å². The molecule has 0 aliphatic carbocycles. The molecule has 3 nitrogen and oxygen atoms in total. The number of allylic oxidation sites excluding steroid dienone is 4. The first-order valence-electron chi connectivity index (χ1n) is 14.3. The Morgan fingerprint density at radius 2 is 1.22 bits per heavy atom. The predicted octanol–water partition coefficient (Wildman–Crippen LogP) is 8.58. The molecule has 1 rings (SSSR count). The van der Waals surface area contributed by atoms with E-state index in [9.17, 15) is 10.2 Å². The van der Waals surface area contributed by atoms with E-state index in [0.717, 1.165) is 51.4 Å². The molecule has 4 unspecified atom stereocenters. The normalized spacial score (nSPS) is 24.7. The van der Waals surface area contributed by atoms with Crippen LogP contribution in [0.4, 0.5) is 0 Å². The van der Waals surface area contributed by atoms with E-state index in [4.69, 9.17) is 4.74 Å². The van der Waals surface area contributed by atoms with Crippen LogP contribution in [0.3, 0.4) is 0 Å². The first-order valence-corrected chi connectivity index (χ1v) is 14.3. The fraction of sp³-hybridized carbons (Fsp3) is 0.758. The van der Waals surface area contributed by atoms with Gasteiger partial charge < -0.3 is 14.9 Å². The average Bonchev–Trinajstić information content (AvgIpc) is 3.34. The summed E-state index contributed by atoms with van der Waals surface area (Å²) in [5.41, 5.74) is 1.90. The minimum atomic E-state index is -0.909. The molecule has 0 aromatic heterocycles. The zero-order chi connectivity index (χ0) is 27.7. The Morgan fingerprint density at radius 1 is 0.806 bits per heavy atom. The fourth-order valence-electron chi connectivity index (χ4n) is 4.97. The van der Waals surface area contributed by atoms with Crippen molar-refractivity contribution in [2.45, 2.75) is 136 Å². The second kappa shape index (κ2) is 14.7. The molecule has 1 aliphatic rings. The maximum absolute atomic E-state index is 11.3. The molecule has 8 atom stereocenters. The largest absolute Gasteiger partial charge is 0.387 e. The zero-order valence-corrected chi connectivity index (χ0v) is 24.7. The van der Waals surface area contributed by atoms with E-state index in [1.54, 1.807) is 0 Å². The lowest BCUT2D eigenvalue weighted by Gasteiger charge is -2.35. The van der Waals surface area contributed by atoms with Crippen molar-refractivity contribution < 1.29 is 14.9 Å². The van der Waals surface area contributed by atoms with Gasteiger partial charge in [0.1, 0.15) is 0 Å². The van der Waals surface area contributed by atoms with Crippen LogP contribution in [-0.2, 0) is 4.74 Å². The Hall–Kier alpha value is -1.16. The maximum atomic E-state index is 11.3. The van der Waals surface area contributed by atoms with Gasteiger partial charge in [0.2, 0.25) is 0 Å². The third-order valence-corrected chi connectivity index (χ3v) is 9.03. The van der Waals surface area contributed by atoms with Gasteiger partial charge in [-0.15, -0.1) is 6.58 Å². The highest BCUT2D eigenvalue weighted by molar-refractivity contribution is 5.04. The SMILES string of the molecule is C=CC(C)CCC(=C)C(C)CC[C@@](C)(O)[C@@H]1CC[C@H]([C@@](C)(O)CCC(C)C(=C)CCC(C)C(=C)C)O1. The molecule has 0 aromatic rings. The Morgan fingerprint density at radius 3 is 1.61 bits per heavy atom. The first-order chi connectivity index (χ1) is 16.6. The highest BCUT2D eigenvalue weighted by atomic mass is 16.5. The van der Waals surface area contributed by atoms with Crippen LogP contribution in [-0.4, -0.2) is 33.6 Å². The summed E-state index contributed by atoms with van der Waals surface area (Å²) in [6, 6.07) is 0. The van der Waals surface area contributed by atoms with Crippen LogP contribution in [0.5, 0.6) is 0 Å². The summed E-state index contributed by atoms with van der Waals surface area (Å²) in [5.74, 6) is 1.73. The summed E-state index contributed by atoms with van der Waals surface area (Å²) in [4.78, 5) is 0. The van der Waals surface area contributed by atoms with Crippen LogP contribution in [0, 0.1) is 23.7 Å². The van der Waals surface area contributed by atoms with Crippen LogP contribution in [0.15, 0.2) is 49.1 Å². The second-order valence-electron chi connectivity index (χ2n) is 12.6. The van der Waals surface area contributed by atoms with Gasteiger partial charge in [-0.3, -0.25) is 0 Å². The van der Waals surface area contributed by atoms with E-state index in [0.29, 0.717) is 36.5 Å². The summed E-state index contributed by atoms with van der Waals surface area (Å²) < 4.78 is 6.31. The average molecular weight is 503 g/mol. The molecule has 0 aromatic carbocycles. The van der Waals surface area contributed by atoms with E-state index in [1.165, 1.54) is 16.7 Å². The van der Waals surface area contributed by atoms with Gasteiger partial charge in [-0.25, -0.2) is 0 Å². The Kier molecular flexibility index (Phi) is 13.4. The van der Waals surface area contributed by atoms with Crippen molar-refractivity contribution >= 4 is 0 Å². The Labute approximate surface area is 223 Å². The number of rotatable bonds is 18. The van der Waals surface area contributed by atoms with Crippen molar-refractivity contribution in [1.82, 2.24) is 0 Å². The smallest absolute Gasteiger partial charge is 0.0880 e. The first kappa shape index (κ1) is 32.9. The summed E-state index contributed by atoms with van der Waals surface area (Å²) >= 11 is 0. The van der Waals surface area contributed by atoms with E-state index in [2.05, 4.69) is 60.9 Å². The second-order valence-corrected chi connectivity index (χ2v) is 12.6. The Bertz CT molecular complexity index is 731. The molecule has 0 amide bonds. The molecule has 0 saturated carbocycles. The molecule has 0 radical (unpaired) electrons. The number of aliphatic hydroxyl groups is 2. The molecular formula is C33H58O3. The van der Waals surface area contributed by atoms with E-state index >= 15 is 0 Å². The van der Waals surface area contributed by atoms with E-state index in [-0.39, 0.29) is 12.2 Å². The van der Waals surface area contributed by atoms with Crippen LogP contribution < -0.4 is 0 Å².